The lowest BCUT2D eigenvalue weighted by atomic mass is 9.99. The molecule has 0 spiro atoms. The molecule has 2 heterocycles. The van der Waals surface area contributed by atoms with Crippen LogP contribution in [0.4, 0.5) is 5.13 Å². The molecule has 0 radical (unpaired) electrons. The fraction of sp³-hybridized carbons (Fsp3) is 0.286. The molecule has 1 saturated heterocycles. The first-order valence-electron chi connectivity index (χ1n) is 9.93. The molecule has 1 atom stereocenters. The highest BCUT2D eigenvalue weighted by molar-refractivity contribution is 7.88. The molecule has 4 rings (SSSR count). The molecule has 1 N–H and O–H groups in total. The SMILES string of the molecule is O=C(Nc1nnc(-c2ccccc2)s1)[C@@H]1CCCN(S(=O)(=O)Cc2ccc(Cl)cc2Cl)C1. The first kappa shape index (κ1) is 23.1. The number of hydrogen-bond acceptors (Lipinski definition) is 6. The van der Waals surface area contributed by atoms with Gasteiger partial charge in [-0.3, -0.25) is 4.79 Å². The number of aromatic nitrogens is 2. The van der Waals surface area contributed by atoms with Crippen molar-refractivity contribution in [2.75, 3.05) is 18.4 Å². The zero-order valence-corrected chi connectivity index (χ0v) is 20.0. The van der Waals surface area contributed by atoms with Gasteiger partial charge in [0.25, 0.3) is 0 Å². The summed E-state index contributed by atoms with van der Waals surface area (Å²) in [5.41, 5.74) is 1.39. The molecule has 1 aliphatic heterocycles. The summed E-state index contributed by atoms with van der Waals surface area (Å²) >= 11 is 13.3. The molecule has 0 bridgehead atoms. The number of sulfonamides is 1. The average Bonchev–Trinajstić information content (AvgIpc) is 3.25. The Morgan fingerprint density at radius 2 is 1.94 bits per heavy atom. The highest BCUT2D eigenvalue weighted by Crippen LogP contribution is 2.29. The minimum atomic E-state index is -3.64. The smallest absolute Gasteiger partial charge is 0.230 e. The molecule has 0 saturated carbocycles. The van der Waals surface area contributed by atoms with Gasteiger partial charge in [0.2, 0.25) is 21.1 Å². The van der Waals surface area contributed by atoms with Gasteiger partial charge in [0, 0.05) is 28.7 Å². The summed E-state index contributed by atoms with van der Waals surface area (Å²) in [6.07, 6.45) is 1.20. The maximum atomic E-state index is 13.0. The summed E-state index contributed by atoms with van der Waals surface area (Å²) in [5, 5.41) is 12.8. The standard InChI is InChI=1S/C21H20Cl2N4O3S2/c22-17-9-8-16(18(23)11-17)13-32(29,30)27-10-4-7-15(12-27)19(28)24-21-26-25-20(31-21)14-5-2-1-3-6-14/h1-3,5-6,8-9,11,15H,4,7,10,12-13H2,(H,24,26,28)/t15-/m1/s1. The largest absolute Gasteiger partial charge is 0.300 e. The van der Waals surface area contributed by atoms with E-state index in [9.17, 15) is 13.2 Å². The quantitative estimate of drug-likeness (QED) is 0.518. The second kappa shape index (κ2) is 9.84. The number of piperidine rings is 1. The van der Waals surface area contributed by atoms with Crippen LogP contribution in [0.1, 0.15) is 18.4 Å². The van der Waals surface area contributed by atoms with Crippen LogP contribution in [0.5, 0.6) is 0 Å². The predicted molar refractivity (Wildman–Crippen MR) is 127 cm³/mol. The van der Waals surface area contributed by atoms with Crippen LogP contribution >= 0.6 is 34.5 Å². The number of anilines is 1. The molecule has 1 amide bonds. The number of hydrogen-bond donors (Lipinski definition) is 1. The lowest BCUT2D eigenvalue weighted by molar-refractivity contribution is -0.120. The molecule has 7 nitrogen and oxygen atoms in total. The molecule has 168 valence electrons. The zero-order valence-electron chi connectivity index (χ0n) is 16.9. The molecule has 32 heavy (non-hydrogen) atoms. The van der Waals surface area contributed by atoms with Gasteiger partial charge in [-0.25, -0.2) is 12.7 Å². The summed E-state index contributed by atoms with van der Waals surface area (Å²) in [6, 6.07) is 14.3. The van der Waals surface area contributed by atoms with Crippen molar-refractivity contribution >= 4 is 55.6 Å². The fourth-order valence-corrected chi connectivity index (χ4v) is 6.46. The van der Waals surface area contributed by atoms with E-state index < -0.39 is 15.9 Å². The van der Waals surface area contributed by atoms with E-state index in [0.717, 1.165) is 5.56 Å². The van der Waals surface area contributed by atoms with Crippen LogP contribution in [0.2, 0.25) is 10.0 Å². The second-order valence-electron chi connectivity index (χ2n) is 7.46. The summed E-state index contributed by atoms with van der Waals surface area (Å²) in [6.45, 7) is 0.484. The third-order valence-corrected chi connectivity index (χ3v) is 8.45. The average molecular weight is 511 g/mol. The van der Waals surface area contributed by atoms with E-state index >= 15 is 0 Å². The van der Waals surface area contributed by atoms with Gasteiger partial charge >= 0.3 is 0 Å². The van der Waals surface area contributed by atoms with Gasteiger partial charge < -0.3 is 5.32 Å². The predicted octanol–water partition coefficient (Wildman–Crippen LogP) is 4.69. The van der Waals surface area contributed by atoms with Crippen LogP contribution in [-0.4, -0.2) is 41.9 Å². The van der Waals surface area contributed by atoms with Crippen molar-refractivity contribution in [3.05, 3.63) is 64.1 Å². The maximum Gasteiger partial charge on any atom is 0.230 e. The molecule has 2 aromatic carbocycles. The van der Waals surface area contributed by atoms with Gasteiger partial charge in [0.1, 0.15) is 5.01 Å². The maximum absolute atomic E-state index is 13.0. The van der Waals surface area contributed by atoms with Gasteiger partial charge in [0.05, 0.1) is 11.7 Å². The summed E-state index contributed by atoms with van der Waals surface area (Å²) < 4.78 is 27.3. The Labute approximate surface area is 200 Å². The van der Waals surface area contributed by atoms with Crippen LogP contribution in [0, 0.1) is 5.92 Å². The highest BCUT2D eigenvalue weighted by Gasteiger charge is 2.33. The number of nitrogens with one attached hydrogen (secondary N) is 1. The normalized spacial score (nSPS) is 17.2. The van der Waals surface area contributed by atoms with E-state index in [2.05, 4.69) is 15.5 Å². The fourth-order valence-electron chi connectivity index (χ4n) is 3.51. The molecule has 0 unspecified atom stereocenters. The van der Waals surface area contributed by atoms with Gasteiger partial charge in [-0.2, -0.15) is 0 Å². The van der Waals surface area contributed by atoms with Crippen molar-refractivity contribution in [2.24, 2.45) is 5.92 Å². The molecule has 0 aliphatic carbocycles. The molecule has 11 heteroatoms. The number of halogens is 2. The number of rotatable bonds is 6. The van der Waals surface area contributed by atoms with Crippen LogP contribution < -0.4 is 5.32 Å². The molecule has 1 fully saturated rings. The number of nitrogens with zero attached hydrogens (tertiary/aromatic N) is 3. The van der Waals surface area contributed by atoms with Crippen molar-refractivity contribution in [1.82, 2.24) is 14.5 Å². The molecule has 3 aromatic rings. The van der Waals surface area contributed by atoms with Gasteiger partial charge in [-0.05, 0) is 30.5 Å². The monoisotopic (exact) mass is 510 g/mol. The summed E-state index contributed by atoms with van der Waals surface area (Å²) in [7, 11) is -3.64. The Hall–Kier alpha value is -2.04. The molecular formula is C21H20Cl2N4O3S2. The Kier molecular flexibility index (Phi) is 7.11. The lowest BCUT2D eigenvalue weighted by Gasteiger charge is -2.31. The molecule has 1 aromatic heterocycles. The van der Waals surface area contributed by atoms with Crippen LogP contribution in [0.3, 0.4) is 0 Å². The first-order chi connectivity index (χ1) is 15.3. The van der Waals surface area contributed by atoms with Crippen LogP contribution in [-0.2, 0) is 20.6 Å². The number of amides is 1. The molecular weight excluding hydrogens is 491 g/mol. The van der Waals surface area contributed by atoms with Crippen LogP contribution in [0.15, 0.2) is 48.5 Å². The minimum Gasteiger partial charge on any atom is -0.300 e. The Balaban J connectivity index is 1.41. The van der Waals surface area contributed by atoms with Crippen molar-refractivity contribution in [3.8, 4) is 10.6 Å². The van der Waals surface area contributed by atoms with E-state index in [-0.39, 0.29) is 18.2 Å². The Bertz CT molecular complexity index is 1220. The van der Waals surface area contributed by atoms with E-state index in [4.69, 9.17) is 23.2 Å². The number of carbonyl (C=O) groups is 1. The van der Waals surface area contributed by atoms with Gasteiger partial charge in [-0.15, -0.1) is 10.2 Å². The van der Waals surface area contributed by atoms with E-state index in [0.29, 0.717) is 45.1 Å². The van der Waals surface area contributed by atoms with E-state index in [1.54, 1.807) is 12.1 Å². The number of carbonyl (C=O) groups excluding carboxylic acids is 1. The van der Waals surface area contributed by atoms with Crippen molar-refractivity contribution in [1.29, 1.82) is 0 Å². The van der Waals surface area contributed by atoms with Crippen molar-refractivity contribution in [2.45, 2.75) is 18.6 Å². The lowest BCUT2D eigenvalue weighted by Crippen LogP contribution is -2.44. The van der Waals surface area contributed by atoms with Gasteiger partial charge in [0.15, 0.2) is 0 Å². The third-order valence-electron chi connectivity index (χ3n) is 5.18. The van der Waals surface area contributed by atoms with Crippen LogP contribution in [0.25, 0.3) is 10.6 Å². The van der Waals surface area contributed by atoms with Crippen molar-refractivity contribution < 1.29 is 13.2 Å². The third kappa shape index (κ3) is 5.47. The minimum absolute atomic E-state index is 0.115. The zero-order chi connectivity index (χ0) is 22.7. The number of benzene rings is 2. The Morgan fingerprint density at radius 1 is 1.16 bits per heavy atom. The van der Waals surface area contributed by atoms with Crippen molar-refractivity contribution in [3.63, 3.8) is 0 Å². The second-order valence-corrected chi connectivity index (χ2v) is 11.2. The Morgan fingerprint density at radius 3 is 2.69 bits per heavy atom. The van der Waals surface area contributed by atoms with E-state index in [1.165, 1.54) is 21.7 Å². The highest BCUT2D eigenvalue weighted by atomic mass is 35.5. The summed E-state index contributed by atoms with van der Waals surface area (Å²) in [5.74, 6) is -0.970. The molecule has 1 aliphatic rings. The first-order valence-corrected chi connectivity index (χ1v) is 13.1. The van der Waals surface area contributed by atoms with E-state index in [1.807, 2.05) is 30.3 Å². The summed E-state index contributed by atoms with van der Waals surface area (Å²) in [4.78, 5) is 12.8. The van der Waals surface area contributed by atoms with Gasteiger partial charge in [-0.1, -0.05) is 70.9 Å². The topological polar surface area (TPSA) is 92.3 Å².